The maximum atomic E-state index is 14.2. The SMILES string of the molecule is COc1cccc([C@H]2O[C@H](CCCc3ncc(CCC(=O)O)s3)C(=O)N(CC(C)(C)CO)c3ccc(Cl)cc32)c1OC. The summed E-state index contributed by atoms with van der Waals surface area (Å²) in [7, 11) is 3.13. The predicted molar refractivity (Wildman–Crippen MR) is 162 cm³/mol. The summed E-state index contributed by atoms with van der Waals surface area (Å²) in [5.41, 5.74) is 1.50. The van der Waals surface area contributed by atoms with E-state index in [0.717, 1.165) is 9.88 Å². The van der Waals surface area contributed by atoms with Gasteiger partial charge in [-0.2, -0.15) is 0 Å². The molecule has 1 aliphatic heterocycles. The first kappa shape index (κ1) is 31.7. The lowest BCUT2D eigenvalue weighted by atomic mass is 9.92. The van der Waals surface area contributed by atoms with Crippen molar-refractivity contribution in [1.29, 1.82) is 0 Å². The highest BCUT2D eigenvalue weighted by Crippen LogP contribution is 2.45. The number of para-hydroxylation sites is 1. The highest BCUT2D eigenvalue weighted by Gasteiger charge is 2.39. The molecule has 0 aliphatic carbocycles. The van der Waals surface area contributed by atoms with E-state index in [1.807, 2.05) is 38.1 Å². The molecule has 42 heavy (non-hydrogen) atoms. The maximum absolute atomic E-state index is 14.2. The number of fused-ring (bicyclic) bond motifs is 1. The summed E-state index contributed by atoms with van der Waals surface area (Å²) < 4.78 is 18.0. The van der Waals surface area contributed by atoms with E-state index in [0.29, 0.717) is 59.0 Å². The van der Waals surface area contributed by atoms with Gasteiger partial charge in [0.15, 0.2) is 11.5 Å². The van der Waals surface area contributed by atoms with E-state index in [1.165, 1.54) is 11.3 Å². The van der Waals surface area contributed by atoms with Crippen LogP contribution in [0.15, 0.2) is 42.6 Å². The topological polar surface area (TPSA) is 118 Å². The van der Waals surface area contributed by atoms with Crippen LogP contribution in [0.25, 0.3) is 0 Å². The first-order valence-corrected chi connectivity index (χ1v) is 15.0. The largest absolute Gasteiger partial charge is 0.493 e. The molecule has 1 aliphatic rings. The Hall–Kier alpha value is -3.18. The minimum atomic E-state index is -0.840. The van der Waals surface area contributed by atoms with Crippen LogP contribution in [-0.4, -0.2) is 60.5 Å². The van der Waals surface area contributed by atoms with Crippen LogP contribution in [0.4, 0.5) is 5.69 Å². The van der Waals surface area contributed by atoms with Gasteiger partial charge in [0.2, 0.25) is 0 Å². The second kappa shape index (κ2) is 13.9. The van der Waals surface area contributed by atoms with Gasteiger partial charge in [-0.25, -0.2) is 4.98 Å². The number of aromatic nitrogens is 1. The number of nitrogens with zero attached hydrogens (tertiary/aromatic N) is 2. The third kappa shape index (κ3) is 7.42. The van der Waals surface area contributed by atoms with E-state index in [-0.39, 0.29) is 25.5 Å². The Bertz CT molecular complexity index is 1410. The molecular weight excluding hydrogens is 580 g/mol. The number of aryl methyl sites for hydroxylation is 2. The third-order valence-electron chi connectivity index (χ3n) is 7.18. The van der Waals surface area contributed by atoms with Crippen LogP contribution in [0, 0.1) is 5.41 Å². The zero-order valence-electron chi connectivity index (χ0n) is 24.3. The average Bonchev–Trinajstić information content (AvgIpc) is 3.39. The summed E-state index contributed by atoms with van der Waals surface area (Å²) in [6, 6.07) is 10.9. The number of thiazole rings is 1. The summed E-state index contributed by atoms with van der Waals surface area (Å²) in [5.74, 6) is -0.00358. The Morgan fingerprint density at radius 2 is 1.95 bits per heavy atom. The Balaban J connectivity index is 1.70. The molecule has 0 saturated carbocycles. The number of amides is 1. The molecule has 2 aromatic carbocycles. The normalized spacial score (nSPS) is 17.1. The van der Waals surface area contributed by atoms with Gasteiger partial charge in [-0.15, -0.1) is 11.3 Å². The van der Waals surface area contributed by atoms with Crippen molar-refractivity contribution in [2.75, 3.05) is 32.3 Å². The summed E-state index contributed by atoms with van der Waals surface area (Å²) >= 11 is 7.99. The molecule has 0 unspecified atom stereocenters. The van der Waals surface area contributed by atoms with Gasteiger partial charge >= 0.3 is 5.97 Å². The fourth-order valence-corrected chi connectivity index (χ4v) is 6.15. The minimum absolute atomic E-state index is 0.0613. The molecule has 2 N–H and O–H groups in total. The molecular formula is C31H37ClN2O7S. The summed E-state index contributed by atoms with van der Waals surface area (Å²) in [5, 5.41) is 20.4. The zero-order chi connectivity index (χ0) is 30.4. The number of benzene rings is 2. The van der Waals surface area contributed by atoms with E-state index >= 15 is 0 Å². The number of carbonyl (C=O) groups is 2. The number of rotatable bonds is 13. The molecule has 1 aromatic heterocycles. The number of carboxylic acid groups (broad SMARTS) is 1. The summed E-state index contributed by atoms with van der Waals surface area (Å²) in [6.45, 7) is 3.98. The third-order valence-corrected chi connectivity index (χ3v) is 8.53. The predicted octanol–water partition coefficient (Wildman–Crippen LogP) is 5.69. The number of aliphatic hydroxyl groups excluding tert-OH is 1. The molecule has 0 saturated heterocycles. The molecule has 226 valence electrons. The number of hydrogen-bond acceptors (Lipinski definition) is 8. The first-order chi connectivity index (χ1) is 20.1. The number of aliphatic carboxylic acids is 1. The lowest BCUT2D eigenvalue weighted by Gasteiger charge is -2.32. The molecule has 4 rings (SSSR count). The van der Waals surface area contributed by atoms with E-state index in [1.54, 1.807) is 37.4 Å². The summed E-state index contributed by atoms with van der Waals surface area (Å²) in [6.07, 6.45) is 2.39. The summed E-state index contributed by atoms with van der Waals surface area (Å²) in [4.78, 5) is 32.2. The Labute approximate surface area is 255 Å². The van der Waals surface area contributed by atoms with Crippen molar-refractivity contribution in [3.05, 3.63) is 68.6 Å². The van der Waals surface area contributed by atoms with Gasteiger partial charge in [-0.05, 0) is 49.9 Å². The fourth-order valence-electron chi connectivity index (χ4n) is 5.01. The van der Waals surface area contributed by atoms with E-state index < -0.39 is 23.6 Å². The smallest absolute Gasteiger partial charge is 0.303 e. The second-order valence-corrected chi connectivity index (χ2v) is 12.7. The van der Waals surface area contributed by atoms with Crippen LogP contribution in [0.1, 0.15) is 60.2 Å². The zero-order valence-corrected chi connectivity index (χ0v) is 25.8. The Kier molecular flexibility index (Phi) is 10.5. The second-order valence-electron chi connectivity index (χ2n) is 11.0. The van der Waals surface area contributed by atoms with Crippen molar-refractivity contribution in [3.8, 4) is 11.5 Å². The highest BCUT2D eigenvalue weighted by atomic mass is 35.5. The molecule has 2 atom stereocenters. The van der Waals surface area contributed by atoms with Crippen molar-refractivity contribution < 1.29 is 34.0 Å². The van der Waals surface area contributed by atoms with Gasteiger partial charge in [0.25, 0.3) is 5.91 Å². The van der Waals surface area contributed by atoms with E-state index in [2.05, 4.69) is 4.98 Å². The first-order valence-electron chi connectivity index (χ1n) is 13.8. The number of halogens is 1. The van der Waals surface area contributed by atoms with Gasteiger partial charge < -0.3 is 29.3 Å². The molecule has 9 nitrogen and oxygen atoms in total. The van der Waals surface area contributed by atoms with E-state index in [4.69, 9.17) is 30.9 Å². The van der Waals surface area contributed by atoms with Crippen LogP contribution in [0.2, 0.25) is 5.02 Å². The standard InChI is InChI=1S/C31H37ClN2O7S/c1-31(2,18-35)17-34-23-13-11-19(32)15-22(23)28(21-7-5-8-24(39-3)29(21)40-4)41-25(30(34)38)9-6-10-26-33-16-20(42-26)12-14-27(36)37/h5,7-8,11,13,15-16,25,28,35H,6,9-10,12,14,17-18H2,1-4H3,(H,36,37)/t25-,28-/m1/s1. The van der Waals surface area contributed by atoms with Gasteiger partial charge in [0.05, 0.1) is 25.6 Å². The molecule has 0 radical (unpaired) electrons. The number of aliphatic hydroxyl groups is 1. The number of ether oxygens (including phenoxy) is 3. The Morgan fingerprint density at radius 3 is 2.64 bits per heavy atom. The highest BCUT2D eigenvalue weighted by molar-refractivity contribution is 7.11. The molecule has 0 fully saturated rings. The number of anilines is 1. The number of carbonyl (C=O) groups excluding carboxylic acids is 1. The average molecular weight is 617 g/mol. The van der Waals surface area contributed by atoms with E-state index in [9.17, 15) is 14.7 Å². The maximum Gasteiger partial charge on any atom is 0.303 e. The molecule has 1 amide bonds. The van der Waals surface area contributed by atoms with Crippen molar-refractivity contribution >= 4 is 40.5 Å². The van der Waals surface area contributed by atoms with Crippen molar-refractivity contribution in [2.24, 2.45) is 5.41 Å². The van der Waals surface area contributed by atoms with Crippen LogP contribution >= 0.6 is 22.9 Å². The molecule has 0 bridgehead atoms. The number of hydrogen-bond donors (Lipinski definition) is 2. The fraction of sp³-hybridized carbons (Fsp3) is 0.452. The van der Waals surface area contributed by atoms with Gasteiger partial charge in [0, 0.05) is 51.5 Å². The van der Waals surface area contributed by atoms with Crippen molar-refractivity contribution in [1.82, 2.24) is 4.98 Å². The van der Waals surface area contributed by atoms with Gasteiger partial charge in [-0.1, -0.05) is 37.6 Å². The van der Waals surface area contributed by atoms with Crippen molar-refractivity contribution in [2.45, 2.75) is 58.2 Å². The molecule has 2 heterocycles. The molecule has 3 aromatic rings. The lowest BCUT2D eigenvalue weighted by molar-refractivity contribution is -0.137. The van der Waals surface area contributed by atoms with Crippen LogP contribution in [0.3, 0.4) is 0 Å². The van der Waals surface area contributed by atoms with Crippen LogP contribution in [-0.2, 0) is 27.2 Å². The number of carboxylic acids is 1. The Morgan fingerprint density at radius 1 is 1.17 bits per heavy atom. The van der Waals surface area contributed by atoms with Gasteiger partial charge in [0.1, 0.15) is 12.2 Å². The van der Waals surface area contributed by atoms with Gasteiger partial charge in [-0.3, -0.25) is 9.59 Å². The van der Waals surface area contributed by atoms with Crippen LogP contribution in [0.5, 0.6) is 11.5 Å². The van der Waals surface area contributed by atoms with Crippen molar-refractivity contribution in [3.63, 3.8) is 0 Å². The lowest BCUT2D eigenvalue weighted by Crippen LogP contribution is -2.45. The molecule has 0 spiro atoms. The minimum Gasteiger partial charge on any atom is -0.493 e. The monoisotopic (exact) mass is 616 g/mol. The number of methoxy groups -OCH3 is 2. The quantitative estimate of drug-likeness (QED) is 0.251. The molecule has 11 heteroatoms. The van der Waals surface area contributed by atoms with Crippen LogP contribution < -0.4 is 14.4 Å².